The van der Waals surface area contributed by atoms with E-state index in [0.29, 0.717) is 0 Å². The summed E-state index contributed by atoms with van der Waals surface area (Å²) in [6.07, 6.45) is 5.21. The minimum Gasteiger partial charge on any atom is -0.274 e. The van der Waals surface area contributed by atoms with Crippen molar-refractivity contribution in [2.75, 3.05) is 19.9 Å². The van der Waals surface area contributed by atoms with Crippen molar-refractivity contribution < 1.29 is 31.3 Å². The van der Waals surface area contributed by atoms with Crippen molar-refractivity contribution >= 4 is 7.82 Å². The summed E-state index contributed by atoms with van der Waals surface area (Å²) < 4.78 is 60.2. The lowest BCUT2D eigenvalue weighted by Gasteiger charge is -2.19. The Bertz CT molecular complexity index is 322. The molecule has 0 fully saturated rings. The SMILES string of the molecule is C#CCOP(=O)(OCC#C)OC(F)(F)CF. The van der Waals surface area contributed by atoms with Gasteiger partial charge in [0, 0.05) is 0 Å². The number of halogens is 3. The predicted molar refractivity (Wildman–Crippen MR) is 49.2 cm³/mol. The van der Waals surface area contributed by atoms with E-state index in [1.165, 1.54) is 0 Å². The summed E-state index contributed by atoms with van der Waals surface area (Å²) in [4.78, 5) is 0. The molecule has 0 rings (SSSR count). The number of hydrogen-bond acceptors (Lipinski definition) is 4. The zero-order chi connectivity index (χ0) is 12.7. The molecular formula is C8H8F3O4P. The summed E-state index contributed by atoms with van der Waals surface area (Å²) in [5.74, 6) is 3.72. The van der Waals surface area contributed by atoms with Crippen LogP contribution in [0.2, 0.25) is 0 Å². The fourth-order valence-electron chi connectivity index (χ4n) is 0.511. The minimum atomic E-state index is -4.67. The molecule has 90 valence electrons. The minimum absolute atomic E-state index is 0.607. The summed E-state index contributed by atoms with van der Waals surface area (Å²) in [6, 6.07) is 0. The van der Waals surface area contributed by atoms with Crippen LogP contribution in [0.3, 0.4) is 0 Å². The molecule has 4 nitrogen and oxygen atoms in total. The molecule has 0 aromatic carbocycles. The first-order chi connectivity index (χ1) is 7.39. The van der Waals surface area contributed by atoms with E-state index >= 15 is 0 Å². The third-order valence-electron chi connectivity index (χ3n) is 1.01. The van der Waals surface area contributed by atoms with Crippen LogP contribution in [0, 0.1) is 24.7 Å². The second-order valence-electron chi connectivity index (χ2n) is 2.26. The summed E-state index contributed by atoms with van der Waals surface area (Å²) in [5.41, 5.74) is 0. The van der Waals surface area contributed by atoms with Gasteiger partial charge in [-0.1, -0.05) is 11.8 Å². The van der Waals surface area contributed by atoms with Crippen LogP contribution >= 0.6 is 7.82 Å². The Morgan fingerprint density at radius 2 is 1.62 bits per heavy atom. The average molecular weight is 256 g/mol. The number of hydrogen-bond donors (Lipinski definition) is 0. The lowest BCUT2D eigenvalue weighted by atomic mass is 10.7. The van der Waals surface area contributed by atoms with Gasteiger partial charge in [-0.25, -0.2) is 13.5 Å². The maximum Gasteiger partial charge on any atom is 0.481 e. The molecule has 0 atom stereocenters. The van der Waals surface area contributed by atoms with Gasteiger partial charge >= 0.3 is 13.9 Å². The third kappa shape index (κ3) is 5.79. The standard InChI is InChI=1S/C8H8F3O4P/c1-3-5-13-16(12,14-6-4-2)15-8(10,11)7-9/h1-2H,5-7H2. The molecule has 0 aliphatic heterocycles. The van der Waals surface area contributed by atoms with Gasteiger partial charge in [0.15, 0.2) is 6.67 Å². The molecule has 0 spiro atoms. The summed E-state index contributed by atoms with van der Waals surface area (Å²) in [6.45, 7) is -3.40. The molecule has 0 bridgehead atoms. The van der Waals surface area contributed by atoms with E-state index < -0.39 is 33.8 Å². The molecule has 0 heterocycles. The van der Waals surface area contributed by atoms with E-state index in [1.807, 2.05) is 11.8 Å². The van der Waals surface area contributed by atoms with Crippen LogP contribution in [0.25, 0.3) is 0 Å². The summed E-state index contributed by atoms with van der Waals surface area (Å²) >= 11 is 0. The van der Waals surface area contributed by atoms with E-state index in [-0.39, 0.29) is 0 Å². The number of phosphoric acid groups is 1. The second kappa shape index (κ2) is 6.57. The molecule has 16 heavy (non-hydrogen) atoms. The fourth-order valence-corrected chi connectivity index (χ4v) is 1.53. The van der Waals surface area contributed by atoms with Crippen molar-refractivity contribution in [3.8, 4) is 24.7 Å². The number of terminal acetylenes is 2. The first kappa shape index (κ1) is 15.0. The molecule has 0 aromatic rings. The molecule has 0 radical (unpaired) electrons. The van der Waals surface area contributed by atoms with Crippen LogP contribution in [0.15, 0.2) is 0 Å². The highest BCUT2D eigenvalue weighted by atomic mass is 31.2. The largest absolute Gasteiger partial charge is 0.481 e. The lowest BCUT2D eigenvalue weighted by Crippen LogP contribution is -2.23. The normalized spacial score (nSPS) is 11.8. The van der Waals surface area contributed by atoms with Crippen LogP contribution in [0.5, 0.6) is 0 Å². The average Bonchev–Trinajstić information content (AvgIpc) is 2.23. The molecule has 0 aliphatic rings. The Balaban J connectivity index is 4.61. The van der Waals surface area contributed by atoms with Crippen molar-refractivity contribution in [2.24, 2.45) is 0 Å². The van der Waals surface area contributed by atoms with E-state index in [1.54, 1.807) is 0 Å². The van der Waals surface area contributed by atoms with E-state index in [4.69, 9.17) is 12.8 Å². The number of rotatable bonds is 7. The van der Waals surface area contributed by atoms with Gasteiger partial charge in [0.05, 0.1) is 0 Å². The summed E-state index contributed by atoms with van der Waals surface area (Å²) in [5, 5.41) is 0. The van der Waals surface area contributed by atoms with Crippen molar-refractivity contribution in [3.05, 3.63) is 0 Å². The monoisotopic (exact) mass is 256 g/mol. The molecule has 0 saturated carbocycles. The van der Waals surface area contributed by atoms with Crippen LogP contribution < -0.4 is 0 Å². The third-order valence-corrected chi connectivity index (χ3v) is 2.39. The molecule has 0 N–H and O–H groups in total. The first-order valence-corrected chi connectivity index (χ1v) is 5.26. The Morgan fingerprint density at radius 3 is 1.94 bits per heavy atom. The topological polar surface area (TPSA) is 44.8 Å². The molecule has 0 saturated heterocycles. The van der Waals surface area contributed by atoms with Crippen molar-refractivity contribution in [3.63, 3.8) is 0 Å². The smallest absolute Gasteiger partial charge is 0.274 e. The van der Waals surface area contributed by atoms with Crippen molar-refractivity contribution in [1.29, 1.82) is 0 Å². The van der Waals surface area contributed by atoms with Crippen LogP contribution in [0.1, 0.15) is 0 Å². The quantitative estimate of drug-likeness (QED) is 0.516. The Hall–Kier alpha value is -0.980. The second-order valence-corrected chi connectivity index (χ2v) is 3.86. The highest BCUT2D eigenvalue weighted by molar-refractivity contribution is 7.48. The van der Waals surface area contributed by atoms with Crippen LogP contribution in [-0.2, 0) is 18.1 Å². The fraction of sp³-hybridized carbons (Fsp3) is 0.500. The Labute approximate surface area is 90.7 Å². The van der Waals surface area contributed by atoms with E-state index in [0.717, 1.165) is 0 Å². The molecule has 0 aromatic heterocycles. The van der Waals surface area contributed by atoms with Crippen molar-refractivity contribution in [1.82, 2.24) is 0 Å². The van der Waals surface area contributed by atoms with Gasteiger partial charge in [-0.3, -0.25) is 9.05 Å². The first-order valence-electron chi connectivity index (χ1n) is 3.80. The number of phosphoric ester groups is 1. The highest BCUT2D eigenvalue weighted by Gasteiger charge is 2.42. The maximum atomic E-state index is 12.5. The van der Waals surface area contributed by atoms with Gasteiger partial charge < -0.3 is 0 Å². The Morgan fingerprint density at radius 1 is 1.19 bits per heavy atom. The van der Waals surface area contributed by atoms with Crippen LogP contribution in [-0.4, -0.2) is 26.0 Å². The molecular weight excluding hydrogens is 248 g/mol. The van der Waals surface area contributed by atoms with Crippen molar-refractivity contribution in [2.45, 2.75) is 6.11 Å². The maximum absolute atomic E-state index is 12.5. The summed E-state index contributed by atoms with van der Waals surface area (Å²) in [7, 11) is -4.67. The highest BCUT2D eigenvalue weighted by Crippen LogP contribution is 2.53. The van der Waals surface area contributed by atoms with Crippen LogP contribution in [0.4, 0.5) is 13.2 Å². The van der Waals surface area contributed by atoms with Gasteiger partial charge in [0.25, 0.3) is 0 Å². The molecule has 0 unspecified atom stereocenters. The van der Waals surface area contributed by atoms with Gasteiger partial charge in [0.1, 0.15) is 13.2 Å². The lowest BCUT2D eigenvalue weighted by molar-refractivity contribution is -0.199. The van der Waals surface area contributed by atoms with Gasteiger partial charge in [0.2, 0.25) is 0 Å². The zero-order valence-electron chi connectivity index (χ0n) is 7.99. The van der Waals surface area contributed by atoms with Gasteiger partial charge in [-0.2, -0.15) is 8.78 Å². The number of alkyl halides is 3. The Kier molecular flexibility index (Phi) is 6.17. The molecule has 0 aliphatic carbocycles. The van der Waals surface area contributed by atoms with Gasteiger partial charge in [-0.15, -0.1) is 12.8 Å². The van der Waals surface area contributed by atoms with E-state index in [2.05, 4.69) is 13.6 Å². The molecule has 0 amide bonds. The van der Waals surface area contributed by atoms with E-state index in [9.17, 15) is 17.7 Å². The van der Waals surface area contributed by atoms with Gasteiger partial charge in [-0.05, 0) is 0 Å². The zero-order valence-corrected chi connectivity index (χ0v) is 8.88. The predicted octanol–water partition coefficient (Wildman–Crippen LogP) is 1.97. The molecule has 8 heteroatoms.